The van der Waals surface area contributed by atoms with Crippen LogP contribution in [0.15, 0.2) is 42.5 Å². The van der Waals surface area contributed by atoms with Crippen LogP contribution >= 0.6 is 23.8 Å². The summed E-state index contributed by atoms with van der Waals surface area (Å²) in [5.41, 5.74) is 6.99. The van der Waals surface area contributed by atoms with E-state index in [1.54, 1.807) is 36.4 Å². The van der Waals surface area contributed by atoms with Crippen LogP contribution in [0.1, 0.15) is 11.1 Å². The number of hydrogen-bond acceptors (Lipinski definition) is 3. The van der Waals surface area contributed by atoms with Crippen LogP contribution in [-0.4, -0.2) is 10.1 Å². The highest BCUT2D eigenvalue weighted by molar-refractivity contribution is 7.80. The lowest BCUT2D eigenvalue weighted by Crippen LogP contribution is -2.08. The first-order valence-electron chi connectivity index (χ1n) is 5.57. The van der Waals surface area contributed by atoms with E-state index in [-0.39, 0.29) is 11.6 Å². The summed E-state index contributed by atoms with van der Waals surface area (Å²) in [6, 6.07) is 12.3. The van der Waals surface area contributed by atoms with E-state index in [4.69, 9.17) is 39.4 Å². The van der Waals surface area contributed by atoms with Gasteiger partial charge < -0.3 is 15.6 Å². The van der Waals surface area contributed by atoms with Gasteiger partial charge in [-0.2, -0.15) is 0 Å². The monoisotopic (exact) mass is 293 g/mol. The summed E-state index contributed by atoms with van der Waals surface area (Å²) in [4.78, 5) is 0.288. The van der Waals surface area contributed by atoms with Crippen LogP contribution in [0.2, 0.25) is 5.02 Å². The molecule has 0 radical (unpaired) electrons. The highest BCUT2D eigenvalue weighted by atomic mass is 35.5. The van der Waals surface area contributed by atoms with E-state index >= 15 is 0 Å². The molecule has 0 saturated heterocycles. The van der Waals surface area contributed by atoms with Crippen molar-refractivity contribution in [1.82, 2.24) is 0 Å². The van der Waals surface area contributed by atoms with Gasteiger partial charge in [-0.3, -0.25) is 0 Å². The molecule has 0 aliphatic carbocycles. The fraction of sp³-hybridized carbons (Fsp3) is 0.0714. The van der Waals surface area contributed by atoms with Gasteiger partial charge in [0, 0.05) is 5.56 Å². The van der Waals surface area contributed by atoms with Crippen molar-refractivity contribution >= 4 is 28.8 Å². The molecule has 0 atom stereocenters. The minimum atomic E-state index is -0.0364. The number of rotatable bonds is 4. The van der Waals surface area contributed by atoms with Gasteiger partial charge in [-0.15, -0.1) is 0 Å². The normalized spacial score (nSPS) is 10.2. The summed E-state index contributed by atoms with van der Waals surface area (Å²) in [5, 5.41) is 9.50. The maximum absolute atomic E-state index is 9.07. The molecule has 0 amide bonds. The van der Waals surface area contributed by atoms with Gasteiger partial charge in [-0.1, -0.05) is 36.0 Å². The number of hydrogen-bond donors (Lipinski definition) is 2. The number of aliphatic hydroxyl groups excluding tert-OH is 1. The first kappa shape index (κ1) is 13.8. The Balaban J connectivity index is 2.25. The molecule has 0 fully saturated rings. The molecule has 0 aliphatic rings. The largest absolute Gasteiger partial charge is 0.456 e. The molecule has 0 aromatic heterocycles. The quantitative estimate of drug-likeness (QED) is 0.850. The fourth-order valence-corrected chi connectivity index (χ4v) is 1.92. The Labute approximate surface area is 121 Å². The Morgan fingerprint density at radius 3 is 2.68 bits per heavy atom. The number of nitrogens with two attached hydrogens (primary N) is 1. The molecular weight excluding hydrogens is 282 g/mol. The van der Waals surface area contributed by atoms with Crippen molar-refractivity contribution < 1.29 is 9.84 Å². The van der Waals surface area contributed by atoms with Crippen LogP contribution in [0.25, 0.3) is 0 Å². The third-order valence-corrected chi connectivity index (χ3v) is 3.06. The summed E-state index contributed by atoms with van der Waals surface area (Å²) in [7, 11) is 0. The topological polar surface area (TPSA) is 55.5 Å². The molecule has 0 saturated carbocycles. The maximum atomic E-state index is 9.07. The SMILES string of the molecule is NC(=S)c1ccc(Oc2cccc(CO)c2)c(Cl)c1. The minimum Gasteiger partial charge on any atom is -0.456 e. The Morgan fingerprint density at radius 2 is 2.05 bits per heavy atom. The second-order valence-corrected chi connectivity index (χ2v) is 4.76. The van der Waals surface area contributed by atoms with E-state index in [1.807, 2.05) is 6.07 Å². The molecule has 3 nitrogen and oxygen atoms in total. The lowest BCUT2D eigenvalue weighted by Gasteiger charge is -2.09. The summed E-state index contributed by atoms with van der Waals surface area (Å²) in [5.74, 6) is 1.12. The van der Waals surface area contributed by atoms with Gasteiger partial charge in [0.05, 0.1) is 11.6 Å². The van der Waals surface area contributed by atoms with Crippen LogP contribution < -0.4 is 10.5 Å². The zero-order valence-corrected chi connectivity index (χ0v) is 11.5. The predicted octanol–water partition coefficient (Wildman–Crippen LogP) is 3.26. The lowest BCUT2D eigenvalue weighted by atomic mass is 10.2. The summed E-state index contributed by atoms with van der Waals surface area (Å²) in [6.45, 7) is -0.0364. The lowest BCUT2D eigenvalue weighted by molar-refractivity contribution is 0.281. The standard InChI is InChI=1S/C14H12ClNO2S/c15-12-7-10(14(16)19)4-5-13(12)18-11-3-1-2-9(6-11)8-17/h1-7,17H,8H2,(H2,16,19). The number of ether oxygens (including phenoxy) is 1. The number of halogens is 1. The second-order valence-electron chi connectivity index (χ2n) is 3.92. The van der Waals surface area contributed by atoms with Crippen molar-refractivity contribution in [3.05, 3.63) is 58.6 Å². The van der Waals surface area contributed by atoms with Crippen molar-refractivity contribution in [3.8, 4) is 11.5 Å². The van der Waals surface area contributed by atoms with Gasteiger partial charge in [0.1, 0.15) is 16.5 Å². The molecule has 0 unspecified atom stereocenters. The average molecular weight is 294 g/mol. The van der Waals surface area contributed by atoms with Crippen molar-refractivity contribution in [2.45, 2.75) is 6.61 Å². The Kier molecular flexibility index (Phi) is 4.37. The Morgan fingerprint density at radius 1 is 1.26 bits per heavy atom. The van der Waals surface area contributed by atoms with Crippen molar-refractivity contribution in [2.24, 2.45) is 5.73 Å². The number of thiocarbonyl (C=S) groups is 1. The van der Waals surface area contributed by atoms with Gasteiger partial charge in [0.25, 0.3) is 0 Å². The molecule has 19 heavy (non-hydrogen) atoms. The van der Waals surface area contributed by atoms with Crippen molar-refractivity contribution in [3.63, 3.8) is 0 Å². The van der Waals surface area contributed by atoms with Crippen LogP contribution in [0.3, 0.4) is 0 Å². The first-order valence-corrected chi connectivity index (χ1v) is 6.36. The van der Waals surface area contributed by atoms with E-state index < -0.39 is 0 Å². The Bertz CT molecular complexity index is 616. The molecular formula is C14H12ClNO2S. The summed E-state index contributed by atoms with van der Waals surface area (Å²) < 4.78 is 5.66. The molecule has 5 heteroatoms. The van der Waals surface area contributed by atoms with Gasteiger partial charge in [-0.25, -0.2) is 0 Å². The van der Waals surface area contributed by atoms with Crippen molar-refractivity contribution in [1.29, 1.82) is 0 Å². The highest BCUT2D eigenvalue weighted by Crippen LogP contribution is 2.30. The fourth-order valence-electron chi connectivity index (χ4n) is 1.57. The molecule has 0 spiro atoms. The van der Waals surface area contributed by atoms with Gasteiger partial charge >= 0.3 is 0 Å². The smallest absolute Gasteiger partial charge is 0.146 e. The third kappa shape index (κ3) is 3.44. The first-order chi connectivity index (χ1) is 9.10. The molecule has 0 heterocycles. The molecule has 2 aromatic rings. The number of aliphatic hydroxyl groups is 1. The zero-order valence-electron chi connectivity index (χ0n) is 9.97. The van der Waals surface area contributed by atoms with E-state index in [1.165, 1.54) is 0 Å². The molecule has 0 aliphatic heterocycles. The van der Waals surface area contributed by atoms with Crippen LogP contribution in [0.5, 0.6) is 11.5 Å². The second kappa shape index (κ2) is 6.02. The van der Waals surface area contributed by atoms with Gasteiger partial charge in [0.15, 0.2) is 0 Å². The molecule has 2 rings (SSSR count). The zero-order chi connectivity index (χ0) is 13.8. The van der Waals surface area contributed by atoms with Crippen LogP contribution in [0, 0.1) is 0 Å². The predicted molar refractivity (Wildman–Crippen MR) is 79.8 cm³/mol. The van der Waals surface area contributed by atoms with Gasteiger partial charge in [-0.05, 0) is 35.9 Å². The van der Waals surface area contributed by atoms with E-state index in [0.29, 0.717) is 22.1 Å². The van der Waals surface area contributed by atoms with E-state index in [0.717, 1.165) is 5.56 Å². The molecule has 98 valence electrons. The Hall–Kier alpha value is -1.62. The van der Waals surface area contributed by atoms with Gasteiger partial charge in [0.2, 0.25) is 0 Å². The van der Waals surface area contributed by atoms with Crippen molar-refractivity contribution in [2.75, 3.05) is 0 Å². The molecule has 2 aromatic carbocycles. The maximum Gasteiger partial charge on any atom is 0.146 e. The minimum absolute atomic E-state index is 0.0364. The molecule has 0 bridgehead atoms. The summed E-state index contributed by atoms with van der Waals surface area (Å²) in [6.07, 6.45) is 0. The average Bonchev–Trinajstić information content (AvgIpc) is 2.41. The number of benzene rings is 2. The van der Waals surface area contributed by atoms with Crippen LogP contribution in [-0.2, 0) is 6.61 Å². The molecule has 3 N–H and O–H groups in total. The third-order valence-electron chi connectivity index (χ3n) is 2.53. The van der Waals surface area contributed by atoms with Crippen LogP contribution in [0.4, 0.5) is 0 Å². The van der Waals surface area contributed by atoms with E-state index in [9.17, 15) is 0 Å². The van der Waals surface area contributed by atoms with E-state index in [2.05, 4.69) is 0 Å². The summed E-state index contributed by atoms with van der Waals surface area (Å²) >= 11 is 11.0. The highest BCUT2D eigenvalue weighted by Gasteiger charge is 2.06.